The van der Waals surface area contributed by atoms with E-state index >= 15 is 0 Å². The second kappa shape index (κ2) is 9.04. The quantitative estimate of drug-likeness (QED) is 0.644. The zero-order valence-electron chi connectivity index (χ0n) is 15.5. The van der Waals surface area contributed by atoms with Crippen molar-refractivity contribution in [2.45, 2.75) is 31.7 Å². The monoisotopic (exact) mass is 359 g/mol. The molecule has 3 aromatic carbocycles. The van der Waals surface area contributed by atoms with Crippen LogP contribution in [0.15, 0.2) is 84.9 Å². The van der Waals surface area contributed by atoms with Gasteiger partial charge in [-0.2, -0.15) is 0 Å². The Hall–Kier alpha value is -3.07. The van der Waals surface area contributed by atoms with Crippen LogP contribution in [0.1, 0.15) is 36.0 Å². The highest BCUT2D eigenvalue weighted by molar-refractivity contribution is 5.78. The topological polar surface area (TPSA) is 49.3 Å². The zero-order valence-corrected chi connectivity index (χ0v) is 15.5. The highest BCUT2D eigenvalue weighted by Crippen LogP contribution is 2.33. The van der Waals surface area contributed by atoms with Gasteiger partial charge in [0.15, 0.2) is 0 Å². The summed E-state index contributed by atoms with van der Waals surface area (Å²) in [6.07, 6.45) is 1.08. The molecule has 1 amide bonds. The molecule has 2 N–H and O–H groups in total. The van der Waals surface area contributed by atoms with Crippen LogP contribution < -0.4 is 5.32 Å². The van der Waals surface area contributed by atoms with Gasteiger partial charge >= 0.3 is 0 Å². The maximum Gasteiger partial charge on any atom is 0.221 e. The van der Waals surface area contributed by atoms with Gasteiger partial charge in [0.05, 0.1) is 0 Å². The fourth-order valence-electron chi connectivity index (χ4n) is 3.41. The molecule has 0 fully saturated rings. The maximum atomic E-state index is 12.7. The molecule has 3 aromatic rings. The molecule has 0 aliphatic carbocycles. The predicted molar refractivity (Wildman–Crippen MR) is 109 cm³/mol. The summed E-state index contributed by atoms with van der Waals surface area (Å²) in [6, 6.07) is 27.3. The van der Waals surface area contributed by atoms with Crippen LogP contribution in [0.3, 0.4) is 0 Å². The minimum absolute atomic E-state index is 0.0180. The minimum Gasteiger partial charge on any atom is -0.508 e. The average Bonchev–Trinajstić information content (AvgIpc) is 2.68. The zero-order chi connectivity index (χ0) is 19.1. The molecule has 3 nitrogen and oxygen atoms in total. The summed E-state index contributed by atoms with van der Waals surface area (Å²) >= 11 is 0. The van der Waals surface area contributed by atoms with Gasteiger partial charge in [0.2, 0.25) is 5.91 Å². The van der Waals surface area contributed by atoms with Crippen molar-refractivity contribution in [2.75, 3.05) is 0 Å². The fraction of sp³-hybridized carbons (Fsp3) is 0.208. The van der Waals surface area contributed by atoms with Crippen molar-refractivity contribution < 1.29 is 9.90 Å². The lowest BCUT2D eigenvalue weighted by Crippen LogP contribution is -2.35. The third-order valence-electron chi connectivity index (χ3n) is 4.70. The number of carbonyl (C=O) groups excluding carboxylic acids is 1. The Labute approximate surface area is 160 Å². The Morgan fingerprint density at radius 3 is 2.15 bits per heavy atom. The third-order valence-corrected chi connectivity index (χ3v) is 4.70. The molecular formula is C24H25NO2. The van der Waals surface area contributed by atoms with Gasteiger partial charge in [0.1, 0.15) is 5.75 Å². The largest absolute Gasteiger partial charge is 0.508 e. The summed E-state index contributed by atoms with van der Waals surface area (Å²) in [5.41, 5.74) is 2.99. The number of para-hydroxylation sites is 1. The van der Waals surface area contributed by atoms with Gasteiger partial charge in [-0.25, -0.2) is 0 Å². The highest BCUT2D eigenvalue weighted by atomic mass is 16.3. The molecule has 3 heteroatoms. The lowest BCUT2D eigenvalue weighted by molar-refractivity contribution is -0.121. The molecule has 0 aliphatic heterocycles. The lowest BCUT2D eigenvalue weighted by Gasteiger charge is -2.21. The van der Waals surface area contributed by atoms with Crippen molar-refractivity contribution in [3.8, 4) is 5.75 Å². The number of aromatic hydroxyl groups is 1. The summed E-state index contributed by atoms with van der Waals surface area (Å²) in [5.74, 6) is 0.0170. The first-order valence-electron chi connectivity index (χ1n) is 9.29. The van der Waals surface area contributed by atoms with E-state index in [9.17, 15) is 9.90 Å². The van der Waals surface area contributed by atoms with Crippen LogP contribution in [0.4, 0.5) is 0 Å². The van der Waals surface area contributed by atoms with Gasteiger partial charge < -0.3 is 10.4 Å². The van der Waals surface area contributed by atoms with Crippen LogP contribution in [0.25, 0.3) is 0 Å². The summed E-state index contributed by atoms with van der Waals surface area (Å²) in [6.45, 7) is 2.02. The number of hydrogen-bond acceptors (Lipinski definition) is 2. The molecule has 0 bridgehead atoms. The summed E-state index contributed by atoms with van der Waals surface area (Å²) in [5, 5.41) is 13.4. The Morgan fingerprint density at radius 1 is 0.889 bits per heavy atom. The van der Waals surface area contributed by atoms with E-state index < -0.39 is 0 Å². The molecule has 0 saturated heterocycles. The lowest BCUT2D eigenvalue weighted by atomic mass is 9.87. The van der Waals surface area contributed by atoms with Crippen molar-refractivity contribution in [1.29, 1.82) is 0 Å². The molecule has 0 aliphatic rings. The molecule has 27 heavy (non-hydrogen) atoms. The minimum atomic E-state index is -0.184. The van der Waals surface area contributed by atoms with Crippen molar-refractivity contribution in [3.05, 3.63) is 102 Å². The van der Waals surface area contributed by atoms with Crippen LogP contribution >= 0.6 is 0 Å². The molecular weight excluding hydrogens is 334 g/mol. The molecule has 0 spiro atoms. The van der Waals surface area contributed by atoms with Crippen LogP contribution in [0, 0.1) is 0 Å². The van der Waals surface area contributed by atoms with Crippen LogP contribution in [-0.4, -0.2) is 17.1 Å². The summed E-state index contributed by atoms with van der Waals surface area (Å²) < 4.78 is 0. The first kappa shape index (κ1) is 18.7. The number of hydrogen-bond donors (Lipinski definition) is 2. The molecule has 0 heterocycles. The number of carbonyl (C=O) groups is 1. The van der Waals surface area contributed by atoms with E-state index in [4.69, 9.17) is 0 Å². The molecule has 3 rings (SSSR count). The smallest absolute Gasteiger partial charge is 0.221 e. The first-order valence-corrected chi connectivity index (χ1v) is 9.29. The average molecular weight is 359 g/mol. The van der Waals surface area contributed by atoms with Crippen molar-refractivity contribution in [3.63, 3.8) is 0 Å². The van der Waals surface area contributed by atoms with Gasteiger partial charge in [-0.15, -0.1) is 0 Å². The number of phenolic OH excluding ortho intramolecular Hbond substituents is 1. The van der Waals surface area contributed by atoms with Crippen molar-refractivity contribution >= 4 is 5.91 Å². The molecule has 2 atom stereocenters. The van der Waals surface area contributed by atoms with Crippen molar-refractivity contribution in [2.24, 2.45) is 0 Å². The Morgan fingerprint density at radius 2 is 1.48 bits per heavy atom. The van der Waals surface area contributed by atoms with Gasteiger partial charge in [-0.05, 0) is 30.5 Å². The summed E-state index contributed by atoms with van der Waals surface area (Å²) in [7, 11) is 0. The van der Waals surface area contributed by atoms with E-state index in [1.807, 2.05) is 67.6 Å². The van der Waals surface area contributed by atoms with E-state index in [0.29, 0.717) is 6.42 Å². The van der Waals surface area contributed by atoms with E-state index in [1.165, 1.54) is 5.56 Å². The molecule has 0 unspecified atom stereocenters. The molecule has 0 aromatic heterocycles. The number of phenols is 1. The standard InChI is InChI=1S/C24H25NO2/c1-18(16-19-10-4-2-5-11-19)25-24(27)17-22(20-12-6-3-7-13-20)21-14-8-9-15-23(21)26/h2-15,18,22,26H,16-17H2,1H3,(H,25,27)/t18-,22-/m1/s1. The van der Waals surface area contributed by atoms with E-state index in [0.717, 1.165) is 17.5 Å². The second-order valence-electron chi connectivity index (χ2n) is 6.88. The van der Waals surface area contributed by atoms with E-state index in [-0.39, 0.29) is 23.6 Å². The number of benzene rings is 3. The van der Waals surface area contributed by atoms with Gasteiger partial charge in [0.25, 0.3) is 0 Å². The number of nitrogens with one attached hydrogen (secondary N) is 1. The Balaban J connectivity index is 1.72. The first-order chi connectivity index (χ1) is 13.1. The maximum absolute atomic E-state index is 12.7. The Bertz CT molecular complexity index is 862. The second-order valence-corrected chi connectivity index (χ2v) is 6.88. The van der Waals surface area contributed by atoms with Gasteiger partial charge in [-0.3, -0.25) is 4.79 Å². The van der Waals surface area contributed by atoms with Crippen LogP contribution in [-0.2, 0) is 11.2 Å². The van der Waals surface area contributed by atoms with Gasteiger partial charge in [0, 0.05) is 23.9 Å². The number of amides is 1. The van der Waals surface area contributed by atoms with Gasteiger partial charge in [-0.1, -0.05) is 78.9 Å². The van der Waals surface area contributed by atoms with E-state index in [2.05, 4.69) is 17.4 Å². The third kappa shape index (κ3) is 5.20. The van der Waals surface area contributed by atoms with E-state index in [1.54, 1.807) is 12.1 Å². The predicted octanol–water partition coefficient (Wildman–Crippen LogP) is 4.66. The van der Waals surface area contributed by atoms with Crippen LogP contribution in [0.5, 0.6) is 5.75 Å². The SMILES string of the molecule is C[C@H](Cc1ccccc1)NC(=O)C[C@H](c1ccccc1)c1ccccc1O. The molecule has 138 valence electrons. The molecule has 0 saturated carbocycles. The summed E-state index contributed by atoms with van der Waals surface area (Å²) in [4.78, 5) is 12.7. The fourth-order valence-corrected chi connectivity index (χ4v) is 3.41. The molecule has 0 radical (unpaired) electrons. The van der Waals surface area contributed by atoms with Crippen LogP contribution in [0.2, 0.25) is 0 Å². The highest BCUT2D eigenvalue weighted by Gasteiger charge is 2.21. The van der Waals surface area contributed by atoms with Crippen molar-refractivity contribution in [1.82, 2.24) is 5.32 Å². The Kier molecular flexibility index (Phi) is 6.26. The normalized spacial score (nSPS) is 12.9. The number of rotatable bonds is 7.